The minimum atomic E-state index is -1.99. The normalized spacial score (nSPS) is 20.6. The van der Waals surface area contributed by atoms with Gasteiger partial charge in [-0.3, -0.25) is 29.0 Å². The predicted octanol–water partition coefficient (Wildman–Crippen LogP) is 8.06. The van der Waals surface area contributed by atoms with E-state index in [1.54, 1.807) is 49.5 Å². The molecule has 0 bridgehead atoms. The molecular formula is C60H73F2N7O10S. The van der Waals surface area contributed by atoms with Gasteiger partial charge in [0.25, 0.3) is 5.91 Å². The molecule has 80 heavy (non-hydrogen) atoms. The van der Waals surface area contributed by atoms with E-state index in [1.165, 1.54) is 22.3 Å². The lowest BCUT2D eigenvalue weighted by atomic mass is 9.73. The third kappa shape index (κ3) is 14.3. The van der Waals surface area contributed by atoms with Crippen molar-refractivity contribution in [2.24, 2.45) is 17.3 Å². The molecule has 4 aliphatic rings. The Labute approximate surface area is 469 Å². The van der Waals surface area contributed by atoms with Crippen LogP contribution in [0.4, 0.5) is 14.5 Å². The van der Waals surface area contributed by atoms with Crippen molar-refractivity contribution in [3.8, 4) is 21.9 Å². The molecule has 2 aliphatic heterocycles. The number of likely N-dealkylation sites (tertiary alicyclic amines) is 2. The largest absolute Gasteiger partial charge is 0.491 e. The second-order valence-corrected chi connectivity index (χ2v) is 23.6. The zero-order chi connectivity index (χ0) is 56.7. The Morgan fingerprint density at radius 2 is 1.61 bits per heavy atom. The number of halogens is 2. The van der Waals surface area contributed by atoms with Crippen LogP contribution in [0.3, 0.4) is 0 Å². The molecule has 0 radical (unpaired) electrons. The molecule has 2 aromatic heterocycles. The van der Waals surface area contributed by atoms with Crippen LogP contribution >= 0.6 is 11.3 Å². The molecule has 2 saturated heterocycles. The topological polar surface area (TPSA) is 211 Å². The molecule has 3 aromatic carbocycles. The number of anilines is 1. The van der Waals surface area contributed by atoms with Gasteiger partial charge in [0.05, 0.1) is 73.6 Å². The molecule has 5 aromatic rings. The average Bonchev–Trinajstić information content (AvgIpc) is 3.89. The van der Waals surface area contributed by atoms with Crippen molar-refractivity contribution in [1.29, 1.82) is 0 Å². The zero-order valence-corrected chi connectivity index (χ0v) is 47.0. The first kappa shape index (κ1) is 58.1. The van der Waals surface area contributed by atoms with Gasteiger partial charge in [0.15, 0.2) is 5.67 Å². The molecule has 5 amide bonds. The number of ether oxygens (including phenoxy) is 4. The Kier molecular flexibility index (Phi) is 18.5. The zero-order valence-electron chi connectivity index (χ0n) is 46.1. The number of aliphatic hydroxyl groups is 1. The number of hydrogen-bond acceptors (Lipinski definition) is 13. The molecule has 20 heteroatoms. The summed E-state index contributed by atoms with van der Waals surface area (Å²) in [7, 11) is 0. The lowest BCUT2D eigenvalue weighted by Crippen LogP contribution is -2.59. The van der Waals surface area contributed by atoms with Crippen LogP contribution in [-0.4, -0.2) is 137 Å². The van der Waals surface area contributed by atoms with Crippen molar-refractivity contribution in [2.45, 2.75) is 128 Å². The number of amides is 5. The number of aliphatic hydroxyl groups excluding tert-OH is 1. The van der Waals surface area contributed by atoms with Crippen molar-refractivity contribution in [3.05, 3.63) is 101 Å². The second kappa shape index (κ2) is 25.5. The summed E-state index contributed by atoms with van der Waals surface area (Å²) >= 11 is 1.49. The van der Waals surface area contributed by atoms with Crippen LogP contribution in [0.5, 0.6) is 11.5 Å². The molecule has 4 heterocycles. The third-order valence-electron chi connectivity index (χ3n) is 15.9. The number of nitrogens with zero attached hydrogens (tertiary/aromatic N) is 4. The highest BCUT2D eigenvalue weighted by Gasteiger charge is 2.53. The molecule has 0 spiro atoms. The van der Waals surface area contributed by atoms with E-state index in [9.17, 15) is 37.9 Å². The molecule has 4 atom stereocenters. The van der Waals surface area contributed by atoms with Crippen molar-refractivity contribution in [1.82, 2.24) is 30.4 Å². The first-order valence-corrected chi connectivity index (χ1v) is 28.7. The minimum Gasteiger partial charge on any atom is -0.491 e. The standard InChI is InChI=1S/C60H73F2N7O10S/c1-36(38-6-8-39(9-7-38)47-18-22-63-49-17-12-42(61)29-48(47)49)55(72)66-43-13-15-45(16-14-43)79-46-33-68(34-46)52(71)19-23-76-24-25-77-26-27-78-51-28-40(53-37(2)65-35-80-53)10-11-41(51)31-64-56(73)50-30-44(70)32-69(50)57(74)54(59(3,4)5)67-58(75)60(62)20-21-60/h10-18,22,28-29,35-36,38-39,44,46,50,54,70H,6-9,19-21,23-27,30-34H2,1-5H3,(H,64,73)(H,66,72)(H,67,75)/t36-,38-,39+,44-,50+,54-/m1/s1. The molecule has 4 N–H and O–H groups in total. The number of thiazole rings is 1. The smallest absolute Gasteiger partial charge is 0.258 e. The van der Waals surface area contributed by atoms with E-state index >= 15 is 0 Å². The lowest BCUT2D eigenvalue weighted by molar-refractivity contribution is -0.145. The third-order valence-corrected chi connectivity index (χ3v) is 16.9. The van der Waals surface area contributed by atoms with Gasteiger partial charge in [0.2, 0.25) is 23.6 Å². The highest BCUT2D eigenvalue weighted by Crippen LogP contribution is 2.42. The number of benzene rings is 3. The molecule has 2 saturated carbocycles. The summed E-state index contributed by atoms with van der Waals surface area (Å²) in [6.45, 7) is 11.2. The Hall–Kier alpha value is -6.61. The monoisotopic (exact) mass is 1120 g/mol. The number of alkyl halides is 1. The van der Waals surface area contributed by atoms with E-state index in [0.717, 1.165) is 58.3 Å². The summed E-state index contributed by atoms with van der Waals surface area (Å²) in [5.74, 6) is -0.664. The quantitative estimate of drug-likeness (QED) is 0.0458. The van der Waals surface area contributed by atoms with Gasteiger partial charge in [0.1, 0.15) is 42.1 Å². The number of aryl methyl sites for hydroxylation is 1. The Balaban J connectivity index is 0.654. The van der Waals surface area contributed by atoms with E-state index in [2.05, 4.69) is 25.9 Å². The maximum atomic E-state index is 14.7. The van der Waals surface area contributed by atoms with Gasteiger partial charge in [-0.25, -0.2) is 13.8 Å². The fraction of sp³-hybridized carbons (Fsp3) is 0.517. The van der Waals surface area contributed by atoms with Crippen LogP contribution in [0.1, 0.15) is 102 Å². The van der Waals surface area contributed by atoms with Crippen LogP contribution in [-0.2, 0) is 40.0 Å². The Bertz CT molecular complexity index is 3010. The highest BCUT2D eigenvalue weighted by atomic mass is 32.1. The summed E-state index contributed by atoms with van der Waals surface area (Å²) in [6.07, 6.45) is 4.78. The van der Waals surface area contributed by atoms with Gasteiger partial charge in [0, 0.05) is 48.3 Å². The van der Waals surface area contributed by atoms with Gasteiger partial charge in [-0.2, -0.15) is 0 Å². The fourth-order valence-corrected chi connectivity index (χ4v) is 11.6. The number of pyridine rings is 1. The summed E-state index contributed by atoms with van der Waals surface area (Å²) in [4.78, 5) is 79.3. The predicted molar refractivity (Wildman–Crippen MR) is 298 cm³/mol. The van der Waals surface area contributed by atoms with Gasteiger partial charge in [-0.05, 0) is 128 Å². The first-order chi connectivity index (χ1) is 38.3. The molecule has 0 unspecified atom stereocenters. The van der Waals surface area contributed by atoms with Crippen LogP contribution in [0.25, 0.3) is 21.3 Å². The fourth-order valence-electron chi connectivity index (χ4n) is 10.8. The number of aromatic nitrogens is 2. The Morgan fingerprint density at radius 1 is 0.887 bits per heavy atom. The van der Waals surface area contributed by atoms with Gasteiger partial charge in [-0.1, -0.05) is 39.8 Å². The second-order valence-electron chi connectivity index (χ2n) is 22.8. The lowest BCUT2D eigenvalue weighted by Gasteiger charge is -2.39. The van der Waals surface area contributed by atoms with Crippen LogP contribution in [0.15, 0.2) is 78.4 Å². The number of carbonyl (C=O) groups excluding carboxylic acids is 5. The molecule has 9 rings (SSSR count). The van der Waals surface area contributed by atoms with E-state index in [1.807, 2.05) is 62.4 Å². The molecule has 428 valence electrons. The molecule has 2 aliphatic carbocycles. The maximum absolute atomic E-state index is 14.7. The summed E-state index contributed by atoms with van der Waals surface area (Å²) in [5.41, 5.74) is 4.00. The number of rotatable bonds is 23. The maximum Gasteiger partial charge on any atom is 0.258 e. The van der Waals surface area contributed by atoms with E-state index < -0.39 is 47.0 Å². The van der Waals surface area contributed by atoms with Gasteiger partial charge < -0.3 is 49.8 Å². The Morgan fingerprint density at radius 3 is 2.31 bits per heavy atom. The van der Waals surface area contributed by atoms with E-state index in [0.29, 0.717) is 41.8 Å². The highest BCUT2D eigenvalue weighted by molar-refractivity contribution is 7.13. The molecular weight excluding hydrogens is 1050 g/mol. The number of carbonyl (C=O) groups is 5. The molecule has 4 fully saturated rings. The minimum absolute atomic E-state index is 0.000411. The van der Waals surface area contributed by atoms with Crippen LogP contribution in [0, 0.1) is 30.0 Å². The summed E-state index contributed by atoms with van der Waals surface area (Å²) < 4.78 is 52.5. The average molecular weight is 1120 g/mol. The van der Waals surface area contributed by atoms with Crippen molar-refractivity contribution >= 4 is 57.5 Å². The first-order valence-electron chi connectivity index (χ1n) is 27.8. The van der Waals surface area contributed by atoms with Crippen molar-refractivity contribution < 1.29 is 56.8 Å². The van der Waals surface area contributed by atoms with Gasteiger partial charge in [-0.15, -0.1) is 11.3 Å². The van der Waals surface area contributed by atoms with Crippen molar-refractivity contribution in [3.63, 3.8) is 0 Å². The summed E-state index contributed by atoms with van der Waals surface area (Å²) in [6, 6.07) is 17.6. The van der Waals surface area contributed by atoms with Gasteiger partial charge >= 0.3 is 0 Å². The number of β-amino-alcohol motifs (C(OH)–C–C–N with tert-alkyl or cyclic N) is 1. The number of nitrogens with one attached hydrogen (secondary N) is 3. The molecule has 17 nitrogen and oxygen atoms in total. The SMILES string of the molecule is Cc1ncsc1-c1ccc(CNC(=O)[C@@H]2C[C@@H](O)CN2C(=O)[C@@H](NC(=O)C2(F)CC2)C(C)(C)C)c(OCCOCCOCCC(=O)N2CC(Oc3ccc(NC(=O)[C@H](C)[C@H]4CC[C@@H](c5ccnc6ccc(F)cc65)CC4)cc3)C2)c1. The summed E-state index contributed by atoms with van der Waals surface area (Å²) in [5, 5.41) is 20.1. The van der Waals surface area contributed by atoms with E-state index in [4.69, 9.17) is 18.9 Å². The van der Waals surface area contributed by atoms with Crippen molar-refractivity contribution in [2.75, 3.05) is 58.0 Å². The van der Waals surface area contributed by atoms with Crippen LogP contribution in [0.2, 0.25) is 0 Å². The van der Waals surface area contributed by atoms with E-state index in [-0.39, 0.29) is 107 Å². The number of fused-ring (bicyclic) bond motifs is 1. The van der Waals surface area contributed by atoms with Crippen LogP contribution < -0.4 is 25.4 Å². The number of hydrogen-bond donors (Lipinski definition) is 4.